The molecule has 4 N–H and O–H groups in total. The number of rotatable bonds is 7. The summed E-state index contributed by atoms with van der Waals surface area (Å²) < 4.78 is 6.97. The SMILES string of the molecule is CCN(CC)c1ccc2sc(Cc3cccc([C@@H]4O[C@H](CO)[C@@H](O)[C@H](O)[C@H]4O)c3)cc2c1. The van der Waals surface area contributed by atoms with Gasteiger partial charge in [-0.2, -0.15) is 0 Å². The lowest BCUT2D eigenvalue weighted by atomic mass is 9.90. The van der Waals surface area contributed by atoms with Crippen molar-refractivity contribution in [2.45, 2.75) is 50.8 Å². The molecule has 3 aromatic rings. The van der Waals surface area contributed by atoms with E-state index in [4.69, 9.17) is 4.74 Å². The molecule has 1 aliphatic rings. The summed E-state index contributed by atoms with van der Waals surface area (Å²) >= 11 is 1.77. The fourth-order valence-electron chi connectivity index (χ4n) is 4.42. The summed E-state index contributed by atoms with van der Waals surface area (Å²) in [6, 6.07) is 16.5. The summed E-state index contributed by atoms with van der Waals surface area (Å²) in [7, 11) is 0. The molecular weight excluding hydrogens is 426 g/mol. The second kappa shape index (κ2) is 9.87. The van der Waals surface area contributed by atoms with Crippen LogP contribution in [-0.4, -0.2) is 64.5 Å². The molecule has 2 aromatic carbocycles. The Morgan fingerprint density at radius 2 is 1.72 bits per heavy atom. The molecule has 0 spiro atoms. The van der Waals surface area contributed by atoms with E-state index in [1.807, 2.05) is 24.3 Å². The van der Waals surface area contributed by atoms with Crippen LogP contribution in [0.25, 0.3) is 10.1 Å². The van der Waals surface area contributed by atoms with E-state index in [2.05, 4.69) is 43.0 Å². The van der Waals surface area contributed by atoms with Crippen LogP contribution in [-0.2, 0) is 11.2 Å². The maximum absolute atomic E-state index is 10.4. The summed E-state index contributed by atoms with van der Waals surface area (Å²) in [6.45, 7) is 5.84. The molecule has 1 aliphatic heterocycles. The number of anilines is 1. The van der Waals surface area contributed by atoms with E-state index in [1.54, 1.807) is 11.3 Å². The summed E-state index contributed by atoms with van der Waals surface area (Å²) in [5, 5.41) is 41.3. The van der Waals surface area contributed by atoms with Gasteiger partial charge in [0.25, 0.3) is 0 Å². The first kappa shape index (κ1) is 23.2. The highest BCUT2D eigenvalue weighted by molar-refractivity contribution is 7.19. The van der Waals surface area contributed by atoms with E-state index in [0.29, 0.717) is 5.56 Å². The summed E-state index contributed by atoms with van der Waals surface area (Å²) in [4.78, 5) is 3.57. The van der Waals surface area contributed by atoms with Gasteiger partial charge in [-0.15, -0.1) is 11.3 Å². The maximum Gasteiger partial charge on any atom is 0.113 e. The molecule has 7 heteroatoms. The van der Waals surface area contributed by atoms with Gasteiger partial charge in [0.05, 0.1) is 6.61 Å². The lowest BCUT2D eigenvalue weighted by Gasteiger charge is -2.40. The smallest absolute Gasteiger partial charge is 0.113 e. The largest absolute Gasteiger partial charge is 0.394 e. The van der Waals surface area contributed by atoms with E-state index < -0.39 is 37.1 Å². The third-order valence-corrected chi connectivity index (χ3v) is 7.35. The summed E-state index contributed by atoms with van der Waals surface area (Å²) in [6.07, 6.45) is -4.99. The molecule has 0 saturated carbocycles. The number of ether oxygens (including phenoxy) is 1. The highest BCUT2D eigenvalue weighted by Crippen LogP contribution is 2.34. The Morgan fingerprint density at radius 3 is 2.44 bits per heavy atom. The van der Waals surface area contributed by atoms with E-state index in [9.17, 15) is 20.4 Å². The molecule has 5 atom stereocenters. The summed E-state index contributed by atoms with van der Waals surface area (Å²) in [5.74, 6) is 0. The Kier molecular flexibility index (Phi) is 7.14. The molecule has 172 valence electrons. The molecule has 0 radical (unpaired) electrons. The van der Waals surface area contributed by atoms with Gasteiger partial charge in [-0.25, -0.2) is 0 Å². The standard InChI is InChI=1S/C25H31NO5S/c1-3-26(4-2)18-8-9-21-17(12-18)13-19(32-21)11-15-6-5-7-16(10-15)25-24(30)23(29)22(28)20(14-27)31-25/h5-10,12-13,20,22-25,27-30H,3-4,11,14H2,1-2H3/t20-,22-,23+,24-,25+/m1/s1. The van der Waals surface area contributed by atoms with E-state index in [0.717, 1.165) is 25.1 Å². The fourth-order valence-corrected chi connectivity index (χ4v) is 5.50. The maximum atomic E-state index is 10.4. The predicted octanol–water partition coefficient (Wildman–Crippen LogP) is 2.85. The number of thiophene rings is 1. The van der Waals surface area contributed by atoms with Crippen molar-refractivity contribution in [2.24, 2.45) is 0 Å². The minimum Gasteiger partial charge on any atom is -0.394 e. The number of nitrogens with zero attached hydrogens (tertiary/aromatic N) is 1. The number of hydrogen-bond acceptors (Lipinski definition) is 7. The minimum absolute atomic E-state index is 0.432. The Hall–Kier alpha value is -2.00. The molecule has 0 aliphatic carbocycles. The quantitative estimate of drug-likeness (QED) is 0.436. The molecule has 0 bridgehead atoms. The van der Waals surface area contributed by atoms with Crippen molar-refractivity contribution in [2.75, 3.05) is 24.6 Å². The second-order valence-corrected chi connectivity index (χ2v) is 9.45. The van der Waals surface area contributed by atoms with Crippen LogP contribution >= 0.6 is 11.3 Å². The van der Waals surface area contributed by atoms with Gasteiger partial charge in [0, 0.05) is 34.8 Å². The monoisotopic (exact) mass is 457 g/mol. The topological polar surface area (TPSA) is 93.4 Å². The zero-order valence-corrected chi connectivity index (χ0v) is 19.2. The highest BCUT2D eigenvalue weighted by atomic mass is 32.1. The lowest BCUT2D eigenvalue weighted by molar-refractivity contribution is -0.231. The number of aliphatic hydroxyl groups is 4. The van der Waals surface area contributed by atoms with Gasteiger partial charge in [-0.05, 0) is 54.6 Å². The van der Waals surface area contributed by atoms with Gasteiger partial charge >= 0.3 is 0 Å². The predicted molar refractivity (Wildman–Crippen MR) is 127 cm³/mol. The fraction of sp³-hybridized carbons (Fsp3) is 0.440. The zero-order chi connectivity index (χ0) is 22.8. The Bertz CT molecular complexity index is 1050. The van der Waals surface area contributed by atoms with Gasteiger partial charge in [0.15, 0.2) is 0 Å². The Balaban J connectivity index is 1.56. The molecule has 1 fully saturated rings. The van der Waals surface area contributed by atoms with E-state index >= 15 is 0 Å². The third-order valence-electron chi connectivity index (χ3n) is 6.23. The second-order valence-electron chi connectivity index (χ2n) is 8.28. The highest BCUT2D eigenvalue weighted by Gasteiger charge is 2.43. The van der Waals surface area contributed by atoms with E-state index in [1.165, 1.54) is 20.7 Å². The van der Waals surface area contributed by atoms with Crippen LogP contribution in [0.15, 0.2) is 48.5 Å². The normalized spacial score (nSPS) is 25.9. The first-order chi connectivity index (χ1) is 15.4. The molecule has 4 rings (SSSR count). The van der Waals surface area contributed by atoms with Crippen LogP contribution in [0.4, 0.5) is 5.69 Å². The molecule has 0 amide bonds. The van der Waals surface area contributed by atoms with Crippen LogP contribution < -0.4 is 4.90 Å². The van der Waals surface area contributed by atoms with E-state index in [-0.39, 0.29) is 0 Å². The van der Waals surface area contributed by atoms with Gasteiger partial charge < -0.3 is 30.1 Å². The average molecular weight is 458 g/mol. The van der Waals surface area contributed by atoms with Gasteiger partial charge in [-0.1, -0.05) is 24.3 Å². The molecule has 2 heterocycles. The number of aliphatic hydroxyl groups excluding tert-OH is 4. The molecular formula is C25H31NO5S. The first-order valence-electron chi connectivity index (χ1n) is 11.1. The van der Waals surface area contributed by atoms with Gasteiger partial charge in [0.1, 0.15) is 30.5 Å². The van der Waals surface area contributed by atoms with Crippen molar-refractivity contribution in [3.8, 4) is 0 Å². The molecule has 0 unspecified atom stereocenters. The summed E-state index contributed by atoms with van der Waals surface area (Å²) in [5.41, 5.74) is 3.01. The number of benzene rings is 2. The first-order valence-corrected chi connectivity index (χ1v) is 11.9. The minimum atomic E-state index is -1.38. The van der Waals surface area contributed by atoms with Crippen LogP contribution in [0, 0.1) is 0 Å². The van der Waals surface area contributed by atoms with Crippen LogP contribution in [0.1, 0.15) is 36.0 Å². The van der Waals surface area contributed by atoms with Gasteiger partial charge in [-0.3, -0.25) is 0 Å². The van der Waals surface area contributed by atoms with Crippen molar-refractivity contribution in [3.63, 3.8) is 0 Å². The molecule has 1 aromatic heterocycles. The molecule has 6 nitrogen and oxygen atoms in total. The Morgan fingerprint density at radius 1 is 0.938 bits per heavy atom. The zero-order valence-electron chi connectivity index (χ0n) is 18.4. The third kappa shape index (κ3) is 4.55. The van der Waals surface area contributed by atoms with Crippen molar-refractivity contribution >= 4 is 27.1 Å². The number of fused-ring (bicyclic) bond motifs is 1. The van der Waals surface area contributed by atoms with Crippen molar-refractivity contribution in [3.05, 3.63) is 64.5 Å². The average Bonchev–Trinajstić information content (AvgIpc) is 3.20. The molecule has 32 heavy (non-hydrogen) atoms. The Labute approximate surface area is 192 Å². The van der Waals surface area contributed by atoms with Crippen LogP contribution in [0.2, 0.25) is 0 Å². The molecule has 1 saturated heterocycles. The van der Waals surface area contributed by atoms with Crippen molar-refractivity contribution in [1.29, 1.82) is 0 Å². The number of hydrogen-bond donors (Lipinski definition) is 4. The van der Waals surface area contributed by atoms with Gasteiger partial charge in [0.2, 0.25) is 0 Å². The van der Waals surface area contributed by atoms with Crippen molar-refractivity contribution in [1.82, 2.24) is 0 Å². The van der Waals surface area contributed by atoms with Crippen LogP contribution in [0.5, 0.6) is 0 Å². The lowest BCUT2D eigenvalue weighted by Crippen LogP contribution is -2.55. The van der Waals surface area contributed by atoms with Crippen molar-refractivity contribution < 1.29 is 25.2 Å². The van der Waals surface area contributed by atoms with Crippen LogP contribution in [0.3, 0.4) is 0 Å².